The van der Waals surface area contributed by atoms with Crippen LogP contribution in [0.1, 0.15) is 45.3 Å². The van der Waals surface area contributed by atoms with Crippen molar-refractivity contribution in [2.75, 3.05) is 7.11 Å². The van der Waals surface area contributed by atoms with Gasteiger partial charge in [0.15, 0.2) is 5.41 Å². The second-order valence-corrected chi connectivity index (χ2v) is 5.06. The highest BCUT2D eigenvalue weighted by molar-refractivity contribution is 5.98. The van der Waals surface area contributed by atoms with Gasteiger partial charge in [-0.1, -0.05) is 13.8 Å². The monoisotopic (exact) mass is 282 g/mol. The van der Waals surface area contributed by atoms with Gasteiger partial charge in [-0.05, 0) is 25.8 Å². The lowest BCUT2D eigenvalue weighted by atomic mass is 9.85. The Balaban J connectivity index is 2.96. The number of nitrogens with zero attached hydrogens (tertiary/aromatic N) is 2. The molecule has 6 heteroatoms. The van der Waals surface area contributed by atoms with Gasteiger partial charge in [0.05, 0.1) is 18.8 Å². The van der Waals surface area contributed by atoms with Crippen molar-refractivity contribution in [3.05, 3.63) is 18.0 Å². The molecule has 1 atom stereocenters. The van der Waals surface area contributed by atoms with Crippen LogP contribution in [0.3, 0.4) is 0 Å². The number of esters is 1. The predicted octanol–water partition coefficient (Wildman–Crippen LogP) is 2.05. The smallest absolute Gasteiger partial charge is 0.323 e. The molecule has 0 amide bonds. The van der Waals surface area contributed by atoms with Crippen molar-refractivity contribution in [1.82, 2.24) is 9.78 Å². The number of aromatic nitrogens is 2. The van der Waals surface area contributed by atoms with E-state index in [4.69, 9.17) is 0 Å². The quantitative estimate of drug-likeness (QED) is 0.611. The molecule has 0 saturated carbocycles. The van der Waals surface area contributed by atoms with Crippen LogP contribution >= 0.6 is 0 Å². The van der Waals surface area contributed by atoms with Crippen LogP contribution in [0.25, 0.3) is 0 Å². The molecule has 6 nitrogen and oxygen atoms in total. The van der Waals surface area contributed by atoms with Crippen molar-refractivity contribution in [2.45, 2.75) is 46.1 Å². The molecule has 1 heterocycles. The number of ether oxygens (including phenoxy) is 1. The predicted molar refractivity (Wildman–Crippen MR) is 73.3 cm³/mol. The Bertz CT molecular complexity index is 479. The van der Waals surface area contributed by atoms with Crippen LogP contribution in [0.2, 0.25) is 0 Å². The molecule has 1 rings (SSSR count). The highest BCUT2D eigenvalue weighted by Gasteiger charge is 2.43. The molecule has 0 spiro atoms. The van der Waals surface area contributed by atoms with Crippen LogP contribution in [-0.4, -0.2) is 33.9 Å². The molecule has 1 N–H and O–H groups in total. The zero-order valence-corrected chi connectivity index (χ0v) is 12.4. The molecule has 0 fully saturated rings. The van der Waals surface area contributed by atoms with Gasteiger partial charge in [0.2, 0.25) is 0 Å². The minimum absolute atomic E-state index is 0.0160. The number of aliphatic carboxylic acids is 1. The first-order chi connectivity index (χ1) is 9.38. The molecule has 0 aliphatic carbocycles. The van der Waals surface area contributed by atoms with Crippen LogP contribution in [0.5, 0.6) is 0 Å². The lowest BCUT2D eigenvalue weighted by Gasteiger charge is -2.20. The maximum atomic E-state index is 11.7. The van der Waals surface area contributed by atoms with Gasteiger partial charge in [0, 0.05) is 12.6 Å². The largest absolute Gasteiger partial charge is 0.480 e. The fraction of sp³-hybridized carbons (Fsp3) is 0.643. The lowest BCUT2D eigenvalue weighted by molar-refractivity contribution is -0.165. The van der Waals surface area contributed by atoms with Crippen LogP contribution in [0.4, 0.5) is 0 Å². The van der Waals surface area contributed by atoms with Crippen molar-refractivity contribution in [2.24, 2.45) is 5.41 Å². The van der Waals surface area contributed by atoms with E-state index >= 15 is 0 Å². The fourth-order valence-electron chi connectivity index (χ4n) is 2.16. The summed E-state index contributed by atoms with van der Waals surface area (Å²) in [4.78, 5) is 23.0. The molecule has 1 aromatic rings. The molecule has 20 heavy (non-hydrogen) atoms. The number of methoxy groups -OCH3 is 1. The van der Waals surface area contributed by atoms with Gasteiger partial charge in [0.25, 0.3) is 0 Å². The first-order valence-corrected chi connectivity index (χ1v) is 6.74. The van der Waals surface area contributed by atoms with Gasteiger partial charge in [-0.15, -0.1) is 0 Å². The van der Waals surface area contributed by atoms with Gasteiger partial charge in [-0.3, -0.25) is 14.3 Å². The first kappa shape index (κ1) is 16.2. The molecule has 1 unspecified atom stereocenters. The lowest BCUT2D eigenvalue weighted by Crippen LogP contribution is -2.39. The van der Waals surface area contributed by atoms with E-state index in [1.165, 1.54) is 14.0 Å². The molecule has 0 aromatic carbocycles. The second-order valence-electron chi connectivity index (χ2n) is 5.06. The number of hydrogen-bond acceptors (Lipinski definition) is 4. The molecule has 0 aliphatic rings. The summed E-state index contributed by atoms with van der Waals surface area (Å²) in [5.74, 6) is -1.97. The van der Waals surface area contributed by atoms with Crippen LogP contribution in [0.15, 0.2) is 12.3 Å². The van der Waals surface area contributed by atoms with E-state index in [0.717, 1.165) is 12.8 Å². The van der Waals surface area contributed by atoms with Gasteiger partial charge in [0.1, 0.15) is 0 Å². The van der Waals surface area contributed by atoms with Gasteiger partial charge in [-0.2, -0.15) is 5.10 Å². The average Bonchev–Trinajstić information content (AvgIpc) is 2.87. The standard InChI is InChI=1S/C14H22N2O4/c1-5-11(6-2)16-8-7-10(15-16)9-14(3,12(17)18)13(19)20-4/h7-8,11H,5-6,9H2,1-4H3,(H,17,18). The van der Waals surface area contributed by atoms with Gasteiger partial charge >= 0.3 is 11.9 Å². The zero-order valence-electron chi connectivity index (χ0n) is 12.4. The Hall–Kier alpha value is -1.85. The third-order valence-electron chi connectivity index (χ3n) is 3.62. The number of carboxylic acids is 1. The number of rotatable bonds is 7. The third-order valence-corrected chi connectivity index (χ3v) is 3.62. The summed E-state index contributed by atoms with van der Waals surface area (Å²) in [7, 11) is 1.19. The van der Waals surface area contributed by atoms with E-state index in [0.29, 0.717) is 5.69 Å². The molecule has 0 aliphatic heterocycles. The van der Waals surface area contributed by atoms with Crippen LogP contribution < -0.4 is 0 Å². The van der Waals surface area contributed by atoms with Crippen LogP contribution in [0, 0.1) is 5.41 Å². The van der Waals surface area contributed by atoms with Crippen LogP contribution in [-0.2, 0) is 20.7 Å². The minimum Gasteiger partial charge on any atom is -0.480 e. The topological polar surface area (TPSA) is 81.4 Å². The van der Waals surface area contributed by atoms with Crippen molar-refractivity contribution < 1.29 is 19.4 Å². The Morgan fingerprint density at radius 1 is 1.45 bits per heavy atom. The van der Waals surface area contributed by atoms with Crippen molar-refractivity contribution in [3.63, 3.8) is 0 Å². The summed E-state index contributed by atoms with van der Waals surface area (Å²) >= 11 is 0. The number of carbonyl (C=O) groups is 2. The maximum Gasteiger partial charge on any atom is 0.323 e. The summed E-state index contributed by atoms with van der Waals surface area (Å²) in [6, 6.07) is 2.04. The zero-order chi connectivity index (χ0) is 15.3. The average molecular weight is 282 g/mol. The maximum absolute atomic E-state index is 11.7. The summed E-state index contributed by atoms with van der Waals surface area (Å²) < 4.78 is 6.42. The van der Waals surface area contributed by atoms with E-state index in [1.54, 1.807) is 6.07 Å². The Morgan fingerprint density at radius 2 is 2.05 bits per heavy atom. The number of carboxylic acid groups (broad SMARTS) is 1. The van der Waals surface area contributed by atoms with Crippen molar-refractivity contribution >= 4 is 11.9 Å². The highest BCUT2D eigenvalue weighted by Crippen LogP contribution is 2.25. The Morgan fingerprint density at radius 3 is 2.50 bits per heavy atom. The molecule has 112 valence electrons. The third kappa shape index (κ3) is 3.18. The molecule has 0 bridgehead atoms. The molecule has 1 aromatic heterocycles. The summed E-state index contributed by atoms with van der Waals surface area (Å²) in [5, 5.41) is 13.7. The van der Waals surface area contributed by atoms with Gasteiger partial charge in [-0.25, -0.2) is 0 Å². The Kier molecular flexibility index (Phi) is 5.30. The fourth-order valence-corrected chi connectivity index (χ4v) is 2.16. The molecular weight excluding hydrogens is 260 g/mol. The normalized spacial score (nSPS) is 14.1. The first-order valence-electron chi connectivity index (χ1n) is 6.74. The van der Waals surface area contributed by atoms with E-state index in [-0.39, 0.29) is 12.5 Å². The van der Waals surface area contributed by atoms with E-state index in [2.05, 4.69) is 23.7 Å². The minimum atomic E-state index is -1.61. The van der Waals surface area contributed by atoms with Crippen molar-refractivity contribution in [3.8, 4) is 0 Å². The Labute approximate surface area is 118 Å². The van der Waals surface area contributed by atoms with E-state index < -0.39 is 17.4 Å². The van der Waals surface area contributed by atoms with E-state index in [1.807, 2.05) is 10.9 Å². The number of carbonyl (C=O) groups excluding carboxylic acids is 1. The molecule has 0 saturated heterocycles. The van der Waals surface area contributed by atoms with E-state index in [9.17, 15) is 14.7 Å². The number of hydrogen-bond donors (Lipinski definition) is 1. The SMILES string of the molecule is CCC(CC)n1ccc(CC(C)(C(=O)O)C(=O)OC)n1. The van der Waals surface area contributed by atoms with Crippen molar-refractivity contribution in [1.29, 1.82) is 0 Å². The summed E-state index contributed by atoms with van der Waals surface area (Å²) in [5.41, 5.74) is -1.03. The second kappa shape index (κ2) is 6.54. The van der Waals surface area contributed by atoms with Gasteiger partial charge < -0.3 is 9.84 Å². The summed E-state index contributed by atoms with van der Waals surface area (Å²) in [6.07, 6.45) is 3.74. The molecular formula is C14H22N2O4. The molecule has 0 radical (unpaired) electrons. The highest BCUT2D eigenvalue weighted by atomic mass is 16.5. The summed E-state index contributed by atoms with van der Waals surface area (Å²) in [6.45, 7) is 5.51.